The van der Waals surface area contributed by atoms with Crippen LogP contribution in [0.4, 0.5) is 5.69 Å². The summed E-state index contributed by atoms with van der Waals surface area (Å²) in [6.45, 7) is 2.31. The third-order valence-electron chi connectivity index (χ3n) is 4.41. The molecule has 0 radical (unpaired) electrons. The number of piperidine rings is 1. The van der Waals surface area contributed by atoms with E-state index in [-0.39, 0.29) is 0 Å². The van der Waals surface area contributed by atoms with E-state index in [9.17, 15) is 0 Å². The zero-order chi connectivity index (χ0) is 13.7. The highest BCUT2D eigenvalue weighted by Crippen LogP contribution is 2.46. The maximum absolute atomic E-state index is 5.29. The second kappa shape index (κ2) is 4.52. The second-order valence-electron chi connectivity index (χ2n) is 5.45. The lowest BCUT2D eigenvalue weighted by molar-refractivity contribution is 0.412. The van der Waals surface area contributed by atoms with Crippen molar-refractivity contribution in [3.8, 4) is 17.0 Å². The Bertz CT molecular complexity index is 659. The SMILES string of the molecule is COc1ccc(-c2n[nH]c3c2N2CCC3CC2)cc1Br. The third kappa shape index (κ3) is 1.69. The van der Waals surface area contributed by atoms with E-state index < -0.39 is 0 Å². The van der Waals surface area contributed by atoms with Crippen molar-refractivity contribution in [2.24, 2.45) is 0 Å². The van der Waals surface area contributed by atoms with Gasteiger partial charge in [0.15, 0.2) is 0 Å². The molecule has 2 bridgehead atoms. The molecule has 3 aliphatic rings. The molecule has 4 heterocycles. The molecule has 3 aliphatic heterocycles. The summed E-state index contributed by atoms with van der Waals surface area (Å²) in [6.07, 6.45) is 2.50. The quantitative estimate of drug-likeness (QED) is 0.913. The minimum atomic E-state index is 0.665. The van der Waals surface area contributed by atoms with Gasteiger partial charge in [-0.05, 0) is 47.0 Å². The van der Waals surface area contributed by atoms with Crippen LogP contribution in [0.15, 0.2) is 22.7 Å². The fourth-order valence-electron chi connectivity index (χ4n) is 3.36. The smallest absolute Gasteiger partial charge is 0.133 e. The first-order chi connectivity index (χ1) is 9.78. The normalized spacial score (nSPS) is 17.4. The zero-order valence-corrected chi connectivity index (χ0v) is 12.9. The van der Waals surface area contributed by atoms with Crippen LogP contribution in [0.5, 0.6) is 5.75 Å². The highest BCUT2D eigenvalue weighted by atomic mass is 79.9. The maximum atomic E-state index is 5.29. The number of rotatable bonds is 2. The van der Waals surface area contributed by atoms with Crippen molar-refractivity contribution < 1.29 is 4.74 Å². The van der Waals surface area contributed by atoms with Crippen LogP contribution in [0.1, 0.15) is 24.5 Å². The summed E-state index contributed by atoms with van der Waals surface area (Å²) < 4.78 is 6.26. The average molecular weight is 334 g/mol. The molecule has 0 unspecified atom stereocenters. The molecule has 1 aromatic carbocycles. The molecule has 1 saturated heterocycles. The lowest BCUT2D eigenvalue weighted by atomic mass is 9.86. The summed E-state index contributed by atoms with van der Waals surface area (Å²) in [7, 11) is 1.68. The Balaban J connectivity index is 1.82. The summed E-state index contributed by atoms with van der Waals surface area (Å²) in [5, 5.41) is 7.84. The number of aromatic nitrogens is 2. The van der Waals surface area contributed by atoms with Gasteiger partial charge in [0.05, 0.1) is 23.0 Å². The molecule has 2 aromatic rings. The van der Waals surface area contributed by atoms with Crippen molar-refractivity contribution in [1.82, 2.24) is 10.2 Å². The lowest BCUT2D eigenvalue weighted by Gasteiger charge is -2.40. The van der Waals surface area contributed by atoms with E-state index >= 15 is 0 Å². The van der Waals surface area contributed by atoms with Crippen LogP contribution in [-0.2, 0) is 0 Å². The van der Waals surface area contributed by atoms with Crippen LogP contribution in [0.3, 0.4) is 0 Å². The molecular formula is C15H16BrN3O. The standard InChI is InChI=1S/C15H16BrN3O/c1-20-12-3-2-10(8-11(12)16)14-15-13(17-18-14)9-4-6-19(15)7-5-9/h2-3,8-9H,4-7H2,1H3,(H,17,18). The Morgan fingerprint density at radius 3 is 2.85 bits per heavy atom. The third-order valence-corrected chi connectivity index (χ3v) is 5.03. The number of nitrogens with one attached hydrogen (secondary N) is 1. The number of nitrogens with zero attached hydrogens (tertiary/aromatic N) is 2. The Labute approximate surface area is 126 Å². The van der Waals surface area contributed by atoms with Gasteiger partial charge >= 0.3 is 0 Å². The highest BCUT2D eigenvalue weighted by Gasteiger charge is 2.35. The largest absolute Gasteiger partial charge is 0.496 e. The summed E-state index contributed by atoms with van der Waals surface area (Å²) >= 11 is 3.55. The monoisotopic (exact) mass is 333 g/mol. The average Bonchev–Trinajstić information content (AvgIpc) is 2.95. The first kappa shape index (κ1) is 12.3. The molecule has 20 heavy (non-hydrogen) atoms. The van der Waals surface area contributed by atoms with Gasteiger partial charge in [-0.1, -0.05) is 0 Å². The number of methoxy groups -OCH3 is 1. The van der Waals surface area contributed by atoms with Crippen LogP contribution in [0, 0.1) is 0 Å². The van der Waals surface area contributed by atoms with Crippen molar-refractivity contribution in [1.29, 1.82) is 0 Å². The lowest BCUT2D eigenvalue weighted by Crippen LogP contribution is -2.38. The molecule has 5 rings (SSSR count). The van der Waals surface area contributed by atoms with Gasteiger partial charge in [-0.2, -0.15) is 5.10 Å². The van der Waals surface area contributed by atoms with Crippen LogP contribution < -0.4 is 9.64 Å². The number of benzene rings is 1. The van der Waals surface area contributed by atoms with Gasteiger partial charge in [0.1, 0.15) is 11.4 Å². The molecule has 1 aromatic heterocycles. The van der Waals surface area contributed by atoms with E-state index in [4.69, 9.17) is 4.74 Å². The predicted octanol–water partition coefficient (Wildman–Crippen LogP) is 3.55. The van der Waals surface area contributed by atoms with Crippen molar-refractivity contribution >= 4 is 21.6 Å². The number of fused-ring (bicyclic) bond motifs is 2. The van der Waals surface area contributed by atoms with Crippen LogP contribution in [0.2, 0.25) is 0 Å². The van der Waals surface area contributed by atoms with Crippen molar-refractivity contribution in [3.05, 3.63) is 28.4 Å². The Morgan fingerprint density at radius 1 is 1.35 bits per heavy atom. The number of hydrogen-bond donors (Lipinski definition) is 1. The molecule has 0 aliphatic carbocycles. The molecule has 1 fully saturated rings. The molecule has 4 nitrogen and oxygen atoms in total. The fraction of sp³-hybridized carbons (Fsp3) is 0.400. The molecular weight excluding hydrogens is 318 g/mol. The predicted molar refractivity (Wildman–Crippen MR) is 82.5 cm³/mol. The van der Waals surface area contributed by atoms with Crippen molar-refractivity contribution in [2.45, 2.75) is 18.8 Å². The second-order valence-corrected chi connectivity index (χ2v) is 6.30. The molecule has 1 N–H and O–H groups in total. The molecule has 0 amide bonds. The van der Waals surface area contributed by atoms with Crippen LogP contribution >= 0.6 is 15.9 Å². The Kier molecular flexibility index (Phi) is 2.77. The number of H-pyrrole nitrogens is 1. The molecule has 104 valence electrons. The maximum Gasteiger partial charge on any atom is 0.133 e. The van der Waals surface area contributed by atoms with E-state index in [0.717, 1.165) is 34.6 Å². The summed E-state index contributed by atoms with van der Waals surface area (Å²) in [5.41, 5.74) is 4.82. The Hall–Kier alpha value is -1.49. The highest BCUT2D eigenvalue weighted by molar-refractivity contribution is 9.10. The number of ether oxygens (including phenoxy) is 1. The van der Waals surface area contributed by atoms with Gasteiger partial charge in [-0.3, -0.25) is 5.10 Å². The van der Waals surface area contributed by atoms with E-state index in [1.807, 2.05) is 6.07 Å². The van der Waals surface area contributed by atoms with Gasteiger partial charge in [0, 0.05) is 24.6 Å². The van der Waals surface area contributed by atoms with Crippen molar-refractivity contribution in [3.63, 3.8) is 0 Å². The Morgan fingerprint density at radius 2 is 2.15 bits per heavy atom. The van der Waals surface area contributed by atoms with E-state index in [1.165, 1.54) is 24.2 Å². The zero-order valence-electron chi connectivity index (χ0n) is 11.3. The summed E-state index contributed by atoms with van der Waals surface area (Å²) in [5.74, 6) is 1.51. The number of hydrogen-bond acceptors (Lipinski definition) is 3. The van der Waals surface area contributed by atoms with Gasteiger partial charge in [-0.15, -0.1) is 0 Å². The van der Waals surface area contributed by atoms with Crippen molar-refractivity contribution in [2.75, 3.05) is 25.1 Å². The van der Waals surface area contributed by atoms with E-state index in [0.29, 0.717) is 5.92 Å². The van der Waals surface area contributed by atoms with Gasteiger partial charge < -0.3 is 9.64 Å². The molecule has 0 atom stereocenters. The van der Waals surface area contributed by atoms with Gasteiger partial charge in [0.25, 0.3) is 0 Å². The fourth-order valence-corrected chi connectivity index (χ4v) is 3.90. The van der Waals surface area contributed by atoms with Gasteiger partial charge in [-0.25, -0.2) is 0 Å². The summed E-state index contributed by atoms with van der Waals surface area (Å²) in [4.78, 5) is 2.46. The molecule has 5 heteroatoms. The van der Waals surface area contributed by atoms with Crippen LogP contribution in [-0.4, -0.2) is 30.4 Å². The van der Waals surface area contributed by atoms with Crippen LogP contribution in [0.25, 0.3) is 11.3 Å². The number of aromatic amines is 1. The minimum Gasteiger partial charge on any atom is -0.496 e. The van der Waals surface area contributed by atoms with Gasteiger partial charge in [0.2, 0.25) is 0 Å². The first-order valence-electron chi connectivity index (χ1n) is 6.95. The number of anilines is 1. The first-order valence-corrected chi connectivity index (χ1v) is 7.74. The topological polar surface area (TPSA) is 41.1 Å². The van der Waals surface area contributed by atoms with E-state index in [1.54, 1.807) is 7.11 Å². The number of halogens is 1. The minimum absolute atomic E-state index is 0.665. The summed E-state index contributed by atoms with van der Waals surface area (Å²) in [6, 6.07) is 6.14. The van der Waals surface area contributed by atoms with E-state index in [2.05, 4.69) is 43.2 Å². The molecule has 0 spiro atoms. The molecule has 0 saturated carbocycles.